The van der Waals surface area contributed by atoms with Crippen molar-refractivity contribution in [1.29, 1.82) is 0 Å². The molecular formula is C22H29F3N6O3. The molecule has 0 unspecified atom stereocenters. The third-order valence-corrected chi connectivity index (χ3v) is 6.74. The molecule has 1 spiro atoms. The Kier molecular flexibility index (Phi) is 6.45. The summed E-state index contributed by atoms with van der Waals surface area (Å²) in [4.78, 5) is 26.0. The summed E-state index contributed by atoms with van der Waals surface area (Å²) in [5, 5.41) is 16.3. The van der Waals surface area contributed by atoms with Crippen LogP contribution < -0.4 is 0 Å². The molecule has 1 N–H and O–H groups in total. The van der Waals surface area contributed by atoms with E-state index in [4.69, 9.17) is 15.0 Å². The van der Waals surface area contributed by atoms with Gasteiger partial charge in [0.25, 0.3) is 5.91 Å². The average Bonchev–Trinajstić information content (AvgIpc) is 3.31. The van der Waals surface area contributed by atoms with E-state index in [1.165, 1.54) is 18.4 Å². The zero-order chi connectivity index (χ0) is 24.7. The zero-order valence-corrected chi connectivity index (χ0v) is 19.3. The van der Waals surface area contributed by atoms with Crippen molar-refractivity contribution < 1.29 is 27.9 Å². The maximum atomic E-state index is 12.7. The van der Waals surface area contributed by atoms with Gasteiger partial charge in [0.2, 0.25) is 0 Å². The van der Waals surface area contributed by atoms with Crippen molar-refractivity contribution in [1.82, 2.24) is 29.4 Å². The van der Waals surface area contributed by atoms with Crippen molar-refractivity contribution in [2.24, 2.45) is 13.0 Å². The lowest BCUT2D eigenvalue weighted by atomic mass is 9.72. The smallest absolute Gasteiger partial charge is 0.475 e. The van der Waals surface area contributed by atoms with Crippen LogP contribution >= 0.6 is 0 Å². The summed E-state index contributed by atoms with van der Waals surface area (Å²) in [6.07, 6.45) is 5.68. The van der Waals surface area contributed by atoms with Gasteiger partial charge in [0.05, 0.1) is 17.5 Å². The number of carboxylic acid groups (broad SMARTS) is 1. The number of aromatic nitrogens is 4. The van der Waals surface area contributed by atoms with Gasteiger partial charge in [0.15, 0.2) is 0 Å². The number of rotatable bonds is 4. The molecule has 3 aliphatic rings. The van der Waals surface area contributed by atoms with Gasteiger partial charge in [-0.15, -0.1) is 0 Å². The number of hydrogen-bond acceptors (Lipinski definition) is 5. The van der Waals surface area contributed by atoms with Gasteiger partial charge in [0, 0.05) is 57.1 Å². The lowest BCUT2D eigenvalue weighted by molar-refractivity contribution is -0.192. The molecule has 4 heterocycles. The highest BCUT2D eigenvalue weighted by Crippen LogP contribution is 2.41. The second-order valence-corrected chi connectivity index (χ2v) is 9.60. The zero-order valence-electron chi connectivity index (χ0n) is 19.3. The first-order chi connectivity index (χ1) is 16.0. The van der Waals surface area contributed by atoms with Crippen LogP contribution in [0.15, 0.2) is 18.6 Å². The summed E-state index contributed by atoms with van der Waals surface area (Å²) >= 11 is 0. The number of aliphatic carboxylic acids is 1. The fourth-order valence-corrected chi connectivity index (χ4v) is 4.78. The first kappa shape index (κ1) is 24.2. The number of carbonyl (C=O) groups excluding carboxylic acids is 1. The van der Waals surface area contributed by atoms with E-state index in [0.29, 0.717) is 0 Å². The summed E-state index contributed by atoms with van der Waals surface area (Å²) in [5.74, 6) is -1.86. The number of likely N-dealkylation sites (N-methyl/N-ethyl adjacent to an activating group) is 1. The number of carbonyl (C=O) groups is 2. The van der Waals surface area contributed by atoms with Crippen LogP contribution in [-0.2, 0) is 30.3 Å². The van der Waals surface area contributed by atoms with Gasteiger partial charge in [-0.05, 0) is 44.7 Å². The van der Waals surface area contributed by atoms with E-state index in [1.807, 2.05) is 40.8 Å². The van der Waals surface area contributed by atoms with Crippen LogP contribution in [0, 0.1) is 5.92 Å². The maximum Gasteiger partial charge on any atom is 0.490 e. The molecule has 9 nitrogen and oxygen atoms in total. The SMILES string of the molecule is CN1CC2(CCN(Cc3cnn(C)c3)CC2)c2nn(CC3CC3)cc2C1=O.O=C(O)C(F)(F)F. The number of nitrogens with zero attached hydrogens (tertiary/aromatic N) is 6. The average molecular weight is 483 g/mol. The van der Waals surface area contributed by atoms with Crippen LogP contribution in [0.3, 0.4) is 0 Å². The van der Waals surface area contributed by atoms with Crippen molar-refractivity contribution in [3.05, 3.63) is 35.4 Å². The van der Waals surface area contributed by atoms with E-state index < -0.39 is 12.1 Å². The highest BCUT2D eigenvalue weighted by Gasteiger charge is 2.46. The minimum atomic E-state index is -5.08. The Hall–Kier alpha value is -2.89. The minimum absolute atomic E-state index is 0.0121. The van der Waals surface area contributed by atoms with E-state index in [1.54, 1.807) is 0 Å². The number of hydrogen-bond donors (Lipinski definition) is 1. The van der Waals surface area contributed by atoms with E-state index in [-0.39, 0.29) is 11.3 Å². The number of aryl methyl sites for hydroxylation is 1. The van der Waals surface area contributed by atoms with Crippen molar-refractivity contribution in [3.63, 3.8) is 0 Å². The van der Waals surface area contributed by atoms with Gasteiger partial charge >= 0.3 is 12.1 Å². The van der Waals surface area contributed by atoms with Gasteiger partial charge in [-0.3, -0.25) is 19.1 Å². The third-order valence-electron chi connectivity index (χ3n) is 6.74. The molecule has 1 saturated carbocycles. The second-order valence-electron chi connectivity index (χ2n) is 9.60. The van der Waals surface area contributed by atoms with Gasteiger partial charge in [-0.25, -0.2) is 4.79 Å². The molecule has 5 rings (SSSR count). The number of amides is 1. The van der Waals surface area contributed by atoms with Crippen molar-refractivity contribution in [2.75, 3.05) is 26.7 Å². The predicted molar refractivity (Wildman–Crippen MR) is 115 cm³/mol. The lowest BCUT2D eigenvalue weighted by Crippen LogP contribution is -2.53. The number of halogens is 3. The molecule has 1 amide bonds. The molecule has 2 aliphatic heterocycles. The number of carboxylic acids is 1. The van der Waals surface area contributed by atoms with Gasteiger partial charge < -0.3 is 10.0 Å². The molecule has 186 valence electrons. The van der Waals surface area contributed by atoms with Crippen LogP contribution in [0.5, 0.6) is 0 Å². The van der Waals surface area contributed by atoms with Crippen LogP contribution in [0.1, 0.15) is 47.3 Å². The summed E-state index contributed by atoms with van der Waals surface area (Å²) in [7, 11) is 3.90. The van der Waals surface area contributed by atoms with E-state index in [2.05, 4.69) is 16.2 Å². The predicted octanol–water partition coefficient (Wildman–Crippen LogP) is 2.28. The van der Waals surface area contributed by atoms with Gasteiger partial charge in [-0.1, -0.05) is 0 Å². The summed E-state index contributed by atoms with van der Waals surface area (Å²) in [6, 6.07) is 0. The molecular weight excluding hydrogens is 453 g/mol. The highest BCUT2D eigenvalue weighted by molar-refractivity contribution is 5.96. The Morgan fingerprint density at radius 1 is 1.21 bits per heavy atom. The highest BCUT2D eigenvalue weighted by atomic mass is 19.4. The largest absolute Gasteiger partial charge is 0.490 e. The van der Waals surface area contributed by atoms with Crippen LogP contribution in [0.4, 0.5) is 13.2 Å². The van der Waals surface area contributed by atoms with Gasteiger partial charge in [0.1, 0.15) is 0 Å². The normalized spacial score (nSPS) is 20.1. The Morgan fingerprint density at radius 3 is 2.38 bits per heavy atom. The molecule has 2 fully saturated rings. The fourth-order valence-electron chi connectivity index (χ4n) is 4.78. The molecule has 2 aromatic rings. The molecule has 0 atom stereocenters. The van der Waals surface area contributed by atoms with E-state index in [0.717, 1.165) is 62.7 Å². The monoisotopic (exact) mass is 482 g/mol. The third kappa shape index (κ3) is 5.26. The Morgan fingerprint density at radius 2 is 1.85 bits per heavy atom. The Labute approximate surface area is 195 Å². The van der Waals surface area contributed by atoms with Crippen molar-refractivity contribution in [2.45, 2.75) is 50.4 Å². The molecule has 34 heavy (non-hydrogen) atoms. The second kappa shape index (κ2) is 9.05. The molecule has 12 heteroatoms. The number of fused-ring (bicyclic) bond motifs is 2. The molecule has 0 bridgehead atoms. The topological polar surface area (TPSA) is 96.5 Å². The molecule has 0 aromatic carbocycles. The first-order valence-electron chi connectivity index (χ1n) is 11.3. The maximum absolute atomic E-state index is 12.7. The molecule has 0 radical (unpaired) electrons. The lowest BCUT2D eigenvalue weighted by Gasteiger charge is -2.45. The van der Waals surface area contributed by atoms with Crippen molar-refractivity contribution >= 4 is 11.9 Å². The fraction of sp³-hybridized carbons (Fsp3) is 0.636. The van der Waals surface area contributed by atoms with E-state index >= 15 is 0 Å². The number of alkyl halides is 3. The van der Waals surface area contributed by atoms with Crippen molar-refractivity contribution in [3.8, 4) is 0 Å². The quantitative estimate of drug-likeness (QED) is 0.719. The van der Waals surface area contributed by atoms with Crippen LogP contribution in [-0.4, -0.2) is 79.2 Å². The van der Waals surface area contributed by atoms with E-state index in [9.17, 15) is 18.0 Å². The van der Waals surface area contributed by atoms with Gasteiger partial charge in [-0.2, -0.15) is 23.4 Å². The molecule has 1 aliphatic carbocycles. The summed E-state index contributed by atoms with van der Waals surface area (Å²) in [5.41, 5.74) is 3.18. The summed E-state index contributed by atoms with van der Waals surface area (Å²) in [6.45, 7) is 4.77. The first-order valence-corrected chi connectivity index (χ1v) is 11.3. The molecule has 2 aromatic heterocycles. The Bertz CT molecular complexity index is 1050. The van der Waals surface area contributed by atoms with Crippen LogP contribution in [0.25, 0.3) is 0 Å². The van der Waals surface area contributed by atoms with Crippen LogP contribution in [0.2, 0.25) is 0 Å². The molecule has 1 saturated heterocycles. The minimum Gasteiger partial charge on any atom is -0.475 e. The Balaban J connectivity index is 0.000000344. The number of piperidine rings is 1. The summed E-state index contributed by atoms with van der Waals surface area (Å²) < 4.78 is 35.6. The standard InChI is InChI=1S/C20H28N6O.C2HF3O2/c1-23-14-20(5-7-25(8-6-20)11-16-9-21-24(2)10-16)18-17(19(23)27)13-26(22-18)12-15-3-4-15;3-2(4,5)1(6)7/h9-10,13,15H,3-8,11-12,14H2,1-2H3;(H,6,7). The number of likely N-dealkylation sites (tertiary alicyclic amines) is 1.